The van der Waals surface area contributed by atoms with Gasteiger partial charge in [0.25, 0.3) is 5.91 Å². The molecule has 1 amide bonds. The summed E-state index contributed by atoms with van der Waals surface area (Å²) >= 11 is 1.57. The maximum Gasteiger partial charge on any atom is 0.258 e. The summed E-state index contributed by atoms with van der Waals surface area (Å²) in [5.41, 5.74) is 3.46. The maximum atomic E-state index is 12.4. The molecule has 25 heavy (non-hydrogen) atoms. The Kier molecular flexibility index (Phi) is 4.14. The molecular weight excluding hydrogens is 332 g/mol. The van der Waals surface area contributed by atoms with Crippen molar-refractivity contribution in [2.75, 3.05) is 5.32 Å². The highest BCUT2D eigenvalue weighted by molar-refractivity contribution is 7.13. The van der Waals surface area contributed by atoms with Gasteiger partial charge in [-0.25, -0.2) is 0 Å². The molecule has 0 bridgehead atoms. The number of carbonyl (C=O) groups is 1. The molecule has 0 atom stereocenters. The number of thiophene rings is 1. The molecule has 0 saturated carbocycles. The second kappa shape index (κ2) is 6.75. The molecule has 4 nitrogen and oxygen atoms in total. The average molecular weight is 346 g/mol. The average Bonchev–Trinajstić information content (AvgIpc) is 3.34. The number of carbonyl (C=O) groups excluding carboxylic acids is 1. The molecule has 0 aliphatic carbocycles. The van der Waals surface area contributed by atoms with Gasteiger partial charge < -0.3 is 4.52 Å². The molecule has 2 aromatic heterocycles. The number of hydrogen-bond acceptors (Lipinski definition) is 4. The lowest BCUT2D eigenvalue weighted by Crippen LogP contribution is -2.11. The lowest BCUT2D eigenvalue weighted by Gasteiger charge is -2.04. The minimum Gasteiger partial charge on any atom is -0.338 e. The van der Waals surface area contributed by atoms with Crippen molar-refractivity contribution < 1.29 is 9.32 Å². The van der Waals surface area contributed by atoms with Gasteiger partial charge in [0.05, 0.1) is 4.88 Å². The monoisotopic (exact) mass is 346 g/mol. The number of anilines is 1. The molecule has 1 N–H and O–H groups in total. The molecule has 0 spiro atoms. The third-order valence-electron chi connectivity index (χ3n) is 3.77. The minimum atomic E-state index is -0.228. The van der Waals surface area contributed by atoms with Gasteiger partial charge in [-0.1, -0.05) is 53.7 Å². The molecule has 2 heterocycles. The van der Waals surface area contributed by atoms with Gasteiger partial charge >= 0.3 is 0 Å². The molecule has 4 rings (SSSR count). The fraction of sp³-hybridized carbons (Fsp3) is 0. The van der Waals surface area contributed by atoms with Crippen molar-refractivity contribution in [3.05, 3.63) is 83.7 Å². The maximum absolute atomic E-state index is 12.4. The molecule has 0 unspecified atom stereocenters. The summed E-state index contributed by atoms with van der Waals surface area (Å²) in [6.45, 7) is 0. The first-order valence-electron chi connectivity index (χ1n) is 7.77. The number of nitrogens with one attached hydrogen (secondary N) is 1. The zero-order chi connectivity index (χ0) is 17.1. The van der Waals surface area contributed by atoms with Crippen LogP contribution in [0.3, 0.4) is 0 Å². The smallest absolute Gasteiger partial charge is 0.258 e. The number of aromatic nitrogens is 1. The van der Waals surface area contributed by atoms with Gasteiger partial charge in [0.2, 0.25) is 5.88 Å². The van der Waals surface area contributed by atoms with Crippen molar-refractivity contribution in [2.24, 2.45) is 0 Å². The summed E-state index contributed by atoms with van der Waals surface area (Å²) in [5, 5.41) is 8.68. The highest BCUT2D eigenvalue weighted by Gasteiger charge is 2.12. The van der Waals surface area contributed by atoms with E-state index in [9.17, 15) is 4.79 Å². The molecule has 2 aromatic carbocycles. The normalized spacial score (nSPS) is 10.6. The Hall–Kier alpha value is -3.18. The van der Waals surface area contributed by atoms with Crippen LogP contribution in [-0.2, 0) is 0 Å². The first kappa shape index (κ1) is 15.4. The van der Waals surface area contributed by atoms with E-state index in [1.807, 2.05) is 60.0 Å². The van der Waals surface area contributed by atoms with Crippen LogP contribution in [0.1, 0.15) is 10.4 Å². The third kappa shape index (κ3) is 3.36. The molecule has 0 saturated heterocycles. The predicted octanol–water partition coefficient (Wildman–Crippen LogP) is 5.32. The van der Waals surface area contributed by atoms with E-state index in [0.717, 1.165) is 16.0 Å². The van der Waals surface area contributed by atoms with Crippen molar-refractivity contribution >= 4 is 23.1 Å². The second-order valence-corrected chi connectivity index (χ2v) is 6.40. The molecule has 0 fully saturated rings. The Morgan fingerprint density at radius 2 is 1.68 bits per heavy atom. The van der Waals surface area contributed by atoms with Crippen molar-refractivity contribution in [1.29, 1.82) is 0 Å². The van der Waals surface area contributed by atoms with Crippen LogP contribution >= 0.6 is 11.3 Å². The number of hydrogen-bond donors (Lipinski definition) is 1. The molecule has 4 aromatic rings. The highest BCUT2D eigenvalue weighted by Crippen LogP contribution is 2.26. The fourth-order valence-electron chi connectivity index (χ4n) is 2.50. The molecule has 0 aliphatic heterocycles. The van der Waals surface area contributed by atoms with E-state index in [0.29, 0.717) is 17.1 Å². The van der Waals surface area contributed by atoms with Crippen molar-refractivity contribution in [3.8, 4) is 21.7 Å². The SMILES string of the molecule is O=C(Nc1cc(-c2cccs2)no1)c1ccc(-c2ccccc2)cc1. The van der Waals surface area contributed by atoms with Crippen LogP contribution in [-0.4, -0.2) is 11.1 Å². The Morgan fingerprint density at radius 1 is 0.920 bits per heavy atom. The number of amides is 1. The molecule has 0 aliphatic rings. The number of nitrogens with zero attached hydrogens (tertiary/aromatic N) is 1. The standard InChI is InChI=1S/C20H14N2O2S/c23-20(21-19-13-17(22-24-19)18-7-4-12-25-18)16-10-8-15(9-11-16)14-5-2-1-3-6-14/h1-13H,(H,21,23). The quantitative estimate of drug-likeness (QED) is 0.544. The topological polar surface area (TPSA) is 55.1 Å². The molecule has 5 heteroatoms. The number of benzene rings is 2. The largest absolute Gasteiger partial charge is 0.338 e. The van der Waals surface area contributed by atoms with E-state index in [4.69, 9.17) is 4.52 Å². The summed E-state index contributed by atoms with van der Waals surface area (Å²) in [4.78, 5) is 13.4. The molecular formula is C20H14N2O2S. The van der Waals surface area contributed by atoms with Crippen LogP contribution in [0, 0.1) is 0 Å². The Morgan fingerprint density at radius 3 is 2.40 bits per heavy atom. The van der Waals surface area contributed by atoms with Crippen molar-refractivity contribution in [1.82, 2.24) is 5.16 Å². The van der Waals surface area contributed by atoms with E-state index in [1.54, 1.807) is 29.5 Å². The molecule has 122 valence electrons. The van der Waals surface area contributed by atoms with E-state index < -0.39 is 0 Å². The van der Waals surface area contributed by atoms with Crippen LogP contribution in [0.25, 0.3) is 21.7 Å². The van der Waals surface area contributed by atoms with Crippen LogP contribution in [0.4, 0.5) is 5.88 Å². The lowest BCUT2D eigenvalue weighted by atomic mass is 10.0. The van der Waals surface area contributed by atoms with Gasteiger partial charge in [0.1, 0.15) is 5.69 Å². The van der Waals surface area contributed by atoms with Gasteiger partial charge in [-0.2, -0.15) is 0 Å². The summed E-state index contributed by atoms with van der Waals surface area (Å²) in [5.74, 6) is 0.106. The molecule has 0 radical (unpaired) electrons. The predicted molar refractivity (Wildman–Crippen MR) is 99.6 cm³/mol. The van der Waals surface area contributed by atoms with Crippen LogP contribution in [0.2, 0.25) is 0 Å². The van der Waals surface area contributed by atoms with Crippen LogP contribution < -0.4 is 5.32 Å². The van der Waals surface area contributed by atoms with E-state index >= 15 is 0 Å². The number of rotatable bonds is 4. The summed E-state index contributed by atoms with van der Waals surface area (Å²) < 4.78 is 5.20. The van der Waals surface area contributed by atoms with Crippen LogP contribution in [0.15, 0.2) is 82.7 Å². The van der Waals surface area contributed by atoms with Gasteiger partial charge in [0, 0.05) is 11.6 Å². The Balaban J connectivity index is 1.48. The van der Waals surface area contributed by atoms with Crippen molar-refractivity contribution in [2.45, 2.75) is 0 Å². The Bertz CT molecular complexity index is 974. The fourth-order valence-corrected chi connectivity index (χ4v) is 3.18. The summed E-state index contributed by atoms with van der Waals surface area (Å²) in [6.07, 6.45) is 0. The Labute approximate surface area is 148 Å². The lowest BCUT2D eigenvalue weighted by molar-refractivity contribution is 0.102. The highest BCUT2D eigenvalue weighted by atomic mass is 32.1. The van der Waals surface area contributed by atoms with Crippen molar-refractivity contribution in [3.63, 3.8) is 0 Å². The van der Waals surface area contributed by atoms with Gasteiger partial charge in [-0.3, -0.25) is 10.1 Å². The van der Waals surface area contributed by atoms with Crippen LogP contribution in [0.5, 0.6) is 0 Å². The van der Waals surface area contributed by atoms with E-state index in [1.165, 1.54) is 0 Å². The van der Waals surface area contributed by atoms with Gasteiger partial charge in [-0.05, 0) is 34.7 Å². The van der Waals surface area contributed by atoms with Gasteiger partial charge in [-0.15, -0.1) is 11.3 Å². The minimum absolute atomic E-state index is 0.228. The second-order valence-electron chi connectivity index (χ2n) is 5.45. The van der Waals surface area contributed by atoms with E-state index in [-0.39, 0.29) is 5.91 Å². The third-order valence-corrected chi connectivity index (χ3v) is 4.67. The van der Waals surface area contributed by atoms with Gasteiger partial charge in [0.15, 0.2) is 0 Å². The first-order chi connectivity index (χ1) is 12.3. The zero-order valence-corrected chi connectivity index (χ0v) is 14.0. The zero-order valence-electron chi connectivity index (χ0n) is 13.2. The summed E-state index contributed by atoms with van der Waals surface area (Å²) in [6, 6.07) is 23.1. The first-order valence-corrected chi connectivity index (χ1v) is 8.65. The van der Waals surface area contributed by atoms with E-state index in [2.05, 4.69) is 10.5 Å². The summed E-state index contributed by atoms with van der Waals surface area (Å²) in [7, 11) is 0.